The van der Waals surface area contributed by atoms with Crippen molar-refractivity contribution in [2.24, 2.45) is 10.8 Å². The van der Waals surface area contributed by atoms with Gasteiger partial charge in [-0.2, -0.15) is 0 Å². The van der Waals surface area contributed by atoms with E-state index in [1.54, 1.807) is 0 Å². The third-order valence-corrected chi connectivity index (χ3v) is 3.71. The fourth-order valence-electron chi connectivity index (χ4n) is 2.55. The first kappa shape index (κ1) is 9.51. The smallest absolute Gasteiger partial charge is 0.00505 e. The molecule has 0 N–H and O–H groups in total. The summed E-state index contributed by atoms with van der Waals surface area (Å²) in [4.78, 5) is 2.64. The second-order valence-electron chi connectivity index (χ2n) is 6.37. The van der Waals surface area contributed by atoms with E-state index in [0.717, 1.165) is 5.41 Å². The Bertz CT molecular complexity index is 178. The molecule has 0 atom stereocenters. The zero-order valence-corrected chi connectivity index (χ0v) is 9.40. The number of hydrogen-bond donors (Lipinski definition) is 0. The molecule has 1 heteroatoms. The van der Waals surface area contributed by atoms with Crippen LogP contribution in [-0.2, 0) is 0 Å². The van der Waals surface area contributed by atoms with E-state index in [2.05, 4.69) is 25.7 Å². The van der Waals surface area contributed by atoms with Gasteiger partial charge in [0.05, 0.1) is 0 Å². The van der Waals surface area contributed by atoms with Crippen LogP contribution in [0.15, 0.2) is 0 Å². The fourth-order valence-corrected chi connectivity index (χ4v) is 2.55. The van der Waals surface area contributed by atoms with Crippen molar-refractivity contribution in [2.75, 3.05) is 19.6 Å². The average Bonchev–Trinajstić information content (AvgIpc) is 1.77. The van der Waals surface area contributed by atoms with Crippen molar-refractivity contribution >= 4 is 0 Å². The van der Waals surface area contributed by atoms with E-state index in [1.807, 2.05) is 0 Å². The predicted octanol–water partition coefficient (Wildman–Crippen LogP) is 2.91. The van der Waals surface area contributed by atoms with Crippen molar-refractivity contribution in [1.29, 1.82) is 0 Å². The summed E-state index contributed by atoms with van der Waals surface area (Å²) in [5.41, 5.74) is 1.33. The van der Waals surface area contributed by atoms with Crippen LogP contribution >= 0.6 is 0 Å². The largest absolute Gasteiger partial charge is 0.302 e. The topological polar surface area (TPSA) is 3.24 Å². The lowest BCUT2D eigenvalue weighted by Gasteiger charge is -2.56. The Morgan fingerprint density at radius 1 is 1.15 bits per heavy atom. The van der Waals surface area contributed by atoms with E-state index in [1.165, 1.54) is 45.3 Å². The Balaban J connectivity index is 1.64. The highest BCUT2D eigenvalue weighted by atomic mass is 15.2. The summed E-state index contributed by atoms with van der Waals surface area (Å²) < 4.78 is 0. The molecule has 13 heavy (non-hydrogen) atoms. The first-order valence-corrected chi connectivity index (χ1v) is 5.72. The minimum absolute atomic E-state index is 0.516. The van der Waals surface area contributed by atoms with Crippen molar-refractivity contribution in [3.63, 3.8) is 0 Å². The van der Waals surface area contributed by atoms with Gasteiger partial charge in [-0.15, -0.1) is 0 Å². The Kier molecular flexibility index (Phi) is 2.18. The van der Waals surface area contributed by atoms with Crippen LogP contribution in [0.5, 0.6) is 0 Å². The molecule has 0 aromatic carbocycles. The lowest BCUT2D eigenvalue weighted by molar-refractivity contribution is -0.0631. The number of hydrogen-bond acceptors (Lipinski definition) is 1. The number of nitrogens with zero attached hydrogens (tertiary/aromatic N) is 1. The molecule has 0 aromatic rings. The predicted molar refractivity (Wildman–Crippen MR) is 56.8 cm³/mol. The third-order valence-electron chi connectivity index (χ3n) is 3.71. The Morgan fingerprint density at radius 2 is 1.77 bits per heavy atom. The van der Waals surface area contributed by atoms with Gasteiger partial charge in [-0.25, -0.2) is 0 Å². The molecule has 0 unspecified atom stereocenters. The molecule has 1 heterocycles. The average molecular weight is 181 g/mol. The van der Waals surface area contributed by atoms with Crippen LogP contribution in [0.1, 0.15) is 46.5 Å². The molecule has 2 rings (SSSR count). The Labute approximate surface area is 82.5 Å². The molecule has 1 aliphatic carbocycles. The second-order valence-corrected chi connectivity index (χ2v) is 6.37. The summed E-state index contributed by atoms with van der Waals surface area (Å²) in [6.45, 7) is 11.2. The quantitative estimate of drug-likeness (QED) is 0.633. The maximum atomic E-state index is 2.64. The van der Waals surface area contributed by atoms with Gasteiger partial charge < -0.3 is 4.90 Å². The molecule has 1 aliphatic heterocycles. The van der Waals surface area contributed by atoms with Gasteiger partial charge in [0.15, 0.2) is 0 Å². The molecule has 0 amide bonds. The summed E-state index contributed by atoms with van der Waals surface area (Å²) in [6.07, 6.45) is 5.87. The molecule has 2 fully saturated rings. The van der Waals surface area contributed by atoms with Crippen LogP contribution in [0.2, 0.25) is 0 Å². The molecule has 76 valence electrons. The van der Waals surface area contributed by atoms with Gasteiger partial charge in [0.1, 0.15) is 0 Å². The minimum Gasteiger partial charge on any atom is -0.302 e. The summed E-state index contributed by atoms with van der Waals surface area (Å²) in [7, 11) is 0. The van der Waals surface area contributed by atoms with Gasteiger partial charge in [-0.1, -0.05) is 27.2 Å². The second kappa shape index (κ2) is 2.98. The van der Waals surface area contributed by atoms with Crippen molar-refractivity contribution < 1.29 is 0 Å². The Hall–Kier alpha value is -0.0400. The minimum atomic E-state index is 0.516. The molecule has 0 radical (unpaired) electrons. The first-order chi connectivity index (χ1) is 5.99. The summed E-state index contributed by atoms with van der Waals surface area (Å²) in [5, 5.41) is 0. The molecular formula is C12H23N. The van der Waals surface area contributed by atoms with Gasteiger partial charge in [0, 0.05) is 13.1 Å². The SMILES string of the molecule is CC(C)(C)CCN1CC2(CCC2)C1. The Morgan fingerprint density at radius 3 is 2.15 bits per heavy atom. The normalized spacial score (nSPS) is 27.0. The summed E-state index contributed by atoms with van der Waals surface area (Å²) in [6, 6.07) is 0. The maximum absolute atomic E-state index is 2.64. The molecule has 1 saturated carbocycles. The van der Waals surface area contributed by atoms with E-state index < -0.39 is 0 Å². The van der Waals surface area contributed by atoms with E-state index >= 15 is 0 Å². The zero-order chi connectivity index (χ0) is 9.53. The first-order valence-electron chi connectivity index (χ1n) is 5.72. The molecule has 0 bridgehead atoms. The molecule has 0 aromatic heterocycles. The van der Waals surface area contributed by atoms with Gasteiger partial charge >= 0.3 is 0 Å². The molecule has 1 spiro atoms. The molecule has 1 saturated heterocycles. The highest BCUT2D eigenvalue weighted by Gasteiger charge is 2.46. The molecule has 2 aliphatic rings. The third kappa shape index (κ3) is 2.07. The van der Waals surface area contributed by atoms with Crippen LogP contribution in [-0.4, -0.2) is 24.5 Å². The van der Waals surface area contributed by atoms with Gasteiger partial charge in [0.25, 0.3) is 0 Å². The van der Waals surface area contributed by atoms with E-state index in [9.17, 15) is 0 Å². The lowest BCUT2D eigenvalue weighted by atomic mass is 9.63. The van der Waals surface area contributed by atoms with Crippen LogP contribution < -0.4 is 0 Å². The van der Waals surface area contributed by atoms with Crippen LogP contribution in [0.25, 0.3) is 0 Å². The van der Waals surface area contributed by atoms with Crippen LogP contribution in [0.4, 0.5) is 0 Å². The van der Waals surface area contributed by atoms with Crippen molar-refractivity contribution in [1.82, 2.24) is 4.90 Å². The van der Waals surface area contributed by atoms with Crippen LogP contribution in [0.3, 0.4) is 0 Å². The number of likely N-dealkylation sites (tertiary alicyclic amines) is 1. The molecular weight excluding hydrogens is 158 g/mol. The summed E-state index contributed by atoms with van der Waals surface area (Å²) >= 11 is 0. The highest BCUT2D eigenvalue weighted by molar-refractivity contribution is 5.00. The van der Waals surface area contributed by atoms with Crippen LogP contribution in [0, 0.1) is 10.8 Å². The van der Waals surface area contributed by atoms with Crippen molar-refractivity contribution in [3.05, 3.63) is 0 Å². The lowest BCUT2D eigenvalue weighted by Crippen LogP contribution is -2.59. The zero-order valence-electron chi connectivity index (χ0n) is 9.40. The highest BCUT2D eigenvalue weighted by Crippen LogP contribution is 2.48. The number of rotatable bonds is 2. The van der Waals surface area contributed by atoms with E-state index in [0.29, 0.717) is 5.41 Å². The van der Waals surface area contributed by atoms with Crippen molar-refractivity contribution in [3.8, 4) is 0 Å². The van der Waals surface area contributed by atoms with E-state index in [-0.39, 0.29) is 0 Å². The summed E-state index contributed by atoms with van der Waals surface area (Å²) in [5.74, 6) is 0. The van der Waals surface area contributed by atoms with Gasteiger partial charge in [-0.3, -0.25) is 0 Å². The van der Waals surface area contributed by atoms with Crippen molar-refractivity contribution in [2.45, 2.75) is 46.5 Å². The monoisotopic (exact) mass is 181 g/mol. The molecule has 1 nitrogen and oxygen atoms in total. The fraction of sp³-hybridized carbons (Fsp3) is 1.00. The van der Waals surface area contributed by atoms with Gasteiger partial charge in [-0.05, 0) is 36.6 Å². The van der Waals surface area contributed by atoms with E-state index in [4.69, 9.17) is 0 Å². The van der Waals surface area contributed by atoms with Gasteiger partial charge in [0.2, 0.25) is 0 Å². The maximum Gasteiger partial charge on any atom is 0.00505 e. The standard InChI is InChI=1S/C12H23N/c1-11(2,3)7-8-13-9-12(10-13)5-4-6-12/h4-10H2,1-3H3.